The van der Waals surface area contributed by atoms with Gasteiger partial charge >= 0.3 is 11.4 Å². The van der Waals surface area contributed by atoms with Gasteiger partial charge in [-0.25, -0.2) is 4.18 Å². The smallest absolute Gasteiger partial charge is 0.265 e. The van der Waals surface area contributed by atoms with Crippen LogP contribution in [0.3, 0.4) is 0 Å². The summed E-state index contributed by atoms with van der Waals surface area (Å²) in [7, 11) is 0. The molecule has 0 N–H and O–H groups in total. The molecule has 0 radical (unpaired) electrons. The third-order valence-electron chi connectivity index (χ3n) is 3.05. The van der Waals surface area contributed by atoms with Crippen molar-refractivity contribution in [3.8, 4) is 0 Å². The van der Waals surface area contributed by atoms with E-state index in [-0.39, 0.29) is 6.61 Å². The predicted molar refractivity (Wildman–Crippen MR) is 68.8 cm³/mol. The molecule has 2 aromatic rings. The van der Waals surface area contributed by atoms with Crippen LogP contribution in [0.1, 0.15) is 11.1 Å². The Morgan fingerprint density at radius 2 is 1.39 bits per heavy atom. The quantitative estimate of drug-likeness (QED) is 0.832. The zero-order valence-electron chi connectivity index (χ0n) is 9.61. The summed E-state index contributed by atoms with van der Waals surface area (Å²) in [6, 6.07) is 19.4. The molecule has 1 atom stereocenters. The molecule has 2 aromatic carbocycles. The zero-order chi connectivity index (χ0) is 12.4. The SMILES string of the molecule is O=[S@]1OCC(c2ccccc2)(c2ccccc2)O1. The van der Waals surface area contributed by atoms with Crippen LogP contribution in [0.4, 0.5) is 0 Å². The minimum Gasteiger partial charge on any atom is -0.265 e. The second kappa shape index (κ2) is 4.65. The van der Waals surface area contributed by atoms with Crippen molar-refractivity contribution in [3.05, 3.63) is 71.8 Å². The van der Waals surface area contributed by atoms with Gasteiger partial charge in [-0.2, -0.15) is 4.21 Å². The van der Waals surface area contributed by atoms with Crippen molar-refractivity contribution in [2.24, 2.45) is 0 Å². The largest absolute Gasteiger partial charge is 0.306 e. The van der Waals surface area contributed by atoms with Crippen molar-refractivity contribution in [2.45, 2.75) is 5.60 Å². The van der Waals surface area contributed by atoms with Crippen molar-refractivity contribution >= 4 is 11.4 Å². The minimum absolute atomic E-state index is 0.258. The Morgan fingerprint density at radius 3 is 1.78 bits per heavy atom. The highest BCUT2D eigenvalue weighted by Crippen LogP contribution is 2.39. The molecule has 1 saturated heterocycles. The van der Waals surface area contributed by atoms with E-state index in [1.54, 1.807) is 0 Å². The maximum absolute atomic E-state index is 11.5. The molecule has 3 nitrogen and oxygen atoms in total. The molecule has 0 spiro atoms. The molecule has 0 bridgehead atoms. The molecule has 1 fully saturated rings. The summed E-state index contributed by atoms with van der Waals surface area (Å²) in [6.07, 6.45) is 0. The second-order valence-electron chi connectivity index (χ2n) is 4.11. The molecular formula is C14H12O3S. The lowest BCUT2D eigenvalue weighted by molar-refractivity contribution is 0.144. The molecule has 0 aliphatic carbocycles. The van der Waals surface area contributed by atoms with Crippen LogP contribution in [0.25, 0.3) is 0 Å². The van der Waals surface area contributed by atoms with Crippen LogP contribution in [0.15, 0.2) is 60.7 Å². The summed E-state index contributed by atoms with van der Waals surface area (Å²) in [6.45, 7) is 0.258. The second-order valence-corrected chi connectivity index (χ2v) is 4.92. The predicted octanol–water partition coefficient (Wildman–Crippen LogP) is 2.56. The van der Waals surface area contributed by atoms with E-state index >= 15 is 0 Å². The van der Waals surface area contributed by atoms with Crippen LogP contribution in [0.5, 0.6) is 0 Å². The average molecular weight is 260 g/mol. The highest BCUT2D eigenvalue weighted by Gasteiger charge is 2.44. The molecule has 1 aliphatic heterocycles. The molecule has 0 aromatic heterocycles. The summed E-state index contributed by atoms with van der Waals surface area (Å²) < 4.78 is 22.2. The van der Waals surface area contributed by atoms with Crippen LogP contribution in [-0.4, -0.2) is 10.8 Å². The Hall–Kier alpha value is -1.49. The Balaban J connectivity index is 2.14. The Bertz CT molecular complexity index is 514. The van der Waals surface area contributed by atoms with Gasteiger partial charge in [-0.3, -0.25) is 4.18 Å². The van der Waals surface area contributed by atoms with Crippen molar-refractivity contribution in [3.63, 3.8) is 0 Å². The molecule has 1 heterocycles. The van der Waals surface area contributed by atoms with Gasteiger partial charge in [0, 0.05) is 0 Å². The highest BCUT2D eigenvalue weighted by atomic mass is 32.2. The van der Waals surface area contributed by atoms with Crippen molar-refractivity contribution in [1.29, 1.82) is 0 Å². The number of hydrogen-bond donors (Lipinski definition) is 0. The maximum Gasteiger partial charge on any atom is 0.306 e. The lowest BCUT2D eigenvalue weighted by Crippen LogP contribution is -2.29. The first kappa shape index (κ1) is 11.6. The van der Waals surface area contributed by atoms with Crippen LogP contribution in [0.2, 0.25) is 0 Å². The fourth-order valence-electron chi connectivity index (χ4n) is 2.14. The molecule has 1 aliphatic rings. The Morgan fingerprint density at radius 1 is 0.889 bits per heavy atom. The first-order valence-electron chi connectivity index (χ1n) is 5.67. The molecule has 92 valence electrons. The van der Waals surface area contributed by atoms with Gasteiger partial charge in [0.05, 0.1) is 0 Å². The number of benzene rings is 2. The first-order chi connectivity index (χ1) is 8.81. The van der Waals surface area contributed by atoms with E-state index in [0.717, 1.165) is 11.1 Å². The molecular weight excluding hydrogens is 248 g/mol. The number of hydrogen-bond acceptors (Lipinski definition) is 3. The van der Waals surface area contributed by atoms with E-state index in [9.17, 15) is 4.21 Å². The molecule has 4 heteroatoms. The Kier molecular flexibility index (Phi) is 2.99. The average Bonchev–Trinajstić information content (AvgIpc) is 2.84. The van der Waals surface area contributed by atoms with Gasteiger partial charge in [-0.1, -0.05) is 60.7 Å². The fourth-order valence-corrected chi connectivity index (χ4v) is 2.92. The molecule has 0 saturated carbocycles. The van der Waals surface area contributed by atoms with Crippen molar-refractivity contribution in [1.82, 2.24) is 0 Å². The van der Waals surface area contributed by atoms with Gasteiger partial charge in [0.25, 0.3) is 0 Å². The zero-order valence-corrected chi connectivity index (χ0v) is 10.4. The van der Waals surface area contributed by atoms with Crippen LogP contribution in [-0.2, 0) is 25.3 Å². The molecule has 18 heavy (non-hydrogen) atoms. The van der Waals surface area contributed by atoms with Gasteiger partial charge in [-0.15, -0.1) is 0 Å². The molecule has 0 unspecified atom stereocenters. The normalized spacial score (nSPS) is 21.9. The molecule has 3 rings (SSSR count). The van der Waals surface area contributed by atoms with E-state index in [4.69, 9.17) is 8.37 Å². The van der Waals surface area contributed by atoms with Crippen molar-refractivity contribution < 1.29 is 12.6 Å². The van der Waals surface area contributed by atoms with Gasteiger partial charge in [0.15, 0.2) is 5.60 Å². The number of rotatable bonds is 2. The van der Waals surface area contributed by atoms with Crippen LogP contribution < -0.4 is 0 Å². The topological polar surface area (TPSA) is 35.5 Å². The van der Waals surface area contributed by atoms with Gasteiger partial charge in [-0.05, 0) is 11.1 Å². The van der Waals surface area contributed by atoms with Crippen LogP contribution >= 0.6 is 0 Å². The summed E-state index contributed by atoms with van der Waals surface area (Å²) in [5.74, 6) is 0. The third-order valence-corrected chi connectivity index (χ3v) is 3.78. The fraction of sp³-hybridized carbons (Fsp3) is 0.143. The summed E-state index contributed by atoms with van der Waals surface area (Å²) in [5, 5.41) is 0. The van der Waals surface area contributed by atoms with Gasteiger partial charge < -0.3 is 0 Å². The van der Waals surface area contributed by atoms with E-state index in [1.807, 2.05) is 60.7 Å². The standard InChI is InChI=1S/C14H12O3S/c15-18-16-11-14(17-18,12-7-3-1-4-8-12)13-9-5-2-6-10-13/h1-10H,11H2/t18-/m0/s1. The van der Waals surface area contributed by atoms with Gasteiger partial charge in [0.2, 0.25) is 0 Å². The highest BCUT2D eigenvalue weighted by molar-refractivity contribution is 7.75. The Labute approximate surface area is 108 Å². The van der Waals surface area contributed by atoms with E-state index < -0.39 is 17.0 Å². The van der Waals surface area contributed by atoms with E-state index in [1.165, 1.54) is 0 Å². The summed E-state index contributed by atoms with van der Waals surface area (Å²) >= 11 is -1.69. The third kappa shape index (κ3) is 1.88. The summed E-state index contributed by atoms with van der Waals surface area (Å²) in [4.78, 5) is 0. The lowest BCUT2D eigenvalue weighted by Gasteiger charge is -2.25. The maximum atomic E-state index is 11.5. The van der Waals surface area contributed by atoms with E-state index in [2.05, 4.69) is 0 Å². The monoisotopic (exact) mass is 260 g/mol. The summed E-state index contributed by atoms with van der Waals surface area (Å²) in [5.41, 5.74) is 1.12. The van der Waals surface area contributed by atoms with Crippen LogP contribution in [0, 0.1) is 0 Å². The minimum atomic E-state index is -1.69. The molecule has 0 amide bonds. The lowest BCUT2D eigenvalue weighted by atomic mass is 9.87. The van der Waals surface area contributed by atoms with Crippen molar-refractivity contribution in [2.75, 3.05) is 6.61 Å². The van der Waals surface area contributed by atoms with E-state index in [0.29, 0.717) is 0 Å². The first-order valence-corrected chi connectivity index (χ1v) is 6.67. The van der Waals surface area contributed by atoms with Gasteiger partial charge in [0.1, 0.15) is 6.61 Å².